The van der Waals surface area contributed by atoms with Crippen LogP contribution in [0.25, 0.3) is 0 Å². The van der Waals surface area contributed by atoms with Crippen LogP contribution in [0.1, 0.15) is 31.2 Å². The minimum atomic E-state index is -0.198. The molecule has 98 valence electrons. The fourth-order valence-corrected chi connectivity index (χ4v) is 4.66. The van der Waals surface area contributed by atoms with Crippen molar-refractivity contribution in [3.8, 4) is 0 Å². The van der Waals surface area contributed by atoms with E-state index in [2.05, 4.69) is 15.9 Å². The molecule has 2 aliphatic rings. The molecule has 0 saturated heterocycles. The summed E-state index contributed by atoms with van der Waals surface area (Å²) in [5, 5.41) is 9.83. The van der Waals surface area contributed by atoms with E-state index >= 15 is 0 Å². The predicted octanol–water partition coefficient (Wildman–Crippen LogP) is 3.93. The van der Waals surface area contributed by atoms with Crippen molar-refractivity contribution in [2.75, 3.05) is 6.61 Å². The summed E-state index contributed by atoms with van der Waals surface area (Å²) in [5.74, 6) is 1.23. The Morgan fingerprint density at radius 1 is 1.33 bits per heavy atom. The van der Waals surface area contributed by atoms with Gasteiger partial charge in [-0.1, -0.05) is 22.4 Å². The Morgan fingerprint density at radius 3 is 2.72 bits per heavy atom. The molecular weight excluding hydrogens is 295 g/mol. The van der Waals surface area contributed by atoms with Gasteiger partial charge >= 0.3 is 0 Å². The molecule has 0 aromatic heterocycles. The topological polar surface area (TPSA) is 20.2 Å². The first-order valence-corrected chi connectivity index (χ1v) is 7.46. The zero-order valence-corrected chi connectivity index (χ0v) is 11.9. The zero-order valence-electron chi connectivity index (χ0n) is 10.3. The molecular formula is C15H18BrFO. The van der Waals surface area contributed by atoms with E-state index in [1.165, 1.54) is 25.3 Å². The molecule has 3 rings (SSSR count). The van der Waals surface area contributed by atoms with Gasteiger partial charge in [0.15, 0.2) is 0 Å². The van der Waals surface area contributed by atoms with Crippen LogP contribution in [0.5, 0.6) is 0 Å². The Morgan fingerprint density at radius 2 is 2.17 bits per heavy atom. The van der Waals surface area contributed by atoms with Gasteiger partial charge in [0.2, 0.25) is 0 Å². The lowest BCUT2D eigenvalue weighted by Crippen LogP contribution is -2.34. The minimum absolute atomic E-state index is 0.0101. The number of rotatable bonds is 3. The highest BCUT2D eigenvalue weighted by atomic mass is 79.9. The van der Waals surface area contributed by atoms with Crippen molar-refractivity contribution >= 4 is 15.9 Å². The van der Waals surface area contributed by atoms with Crippen molar-refractivity contribution in [3.63, 3.8) is 0 Å². The highest BCUT2D eigenvalue weighted by Gasteiger charge is 2.50. The average molecular weight is 313 g/mol. The Bertz CT molecular complexity index is 442. The molecule has 2 fully saturated rings. The second kappa shape index (κ2) is 4.61. The highest BCUT2D eigenvalue weighted by Crippen LogP contribution is 2.57. The first-order valence-electron chi connectivity index (χ1n) is 6.67. The number of hydrogen-bond donors (Lipinski definition) is 1. The molecule has 0 heterocycles. The molecule has 1 aromatic carbocycles. The van der Waals surface area contributed by atoms with E-state index < -0.39 is 0 Å². The van der Waals surface area contributed by atoms with Gasteiger partial charge in [-0.05, 0) is 61.3 Å². The first kappa shape index (κ1) is 12.6. The smallest absolute Gasteiger partial charge is 0.124 e. The molecule has 1 aromatic rings. The molecule has 18 heavy (non-hydrogen) atoms. The van der Waals surface area contributed by atoms with E-state index in [9.17, 15) is 9.50 Å². The van der Waals surface area contributed by atoms with Gasteiger partial charge in [-0.3, -0.25) is 0 Å². The van der Waals surface area contributed by atoms with Gasteiger partial charge in [0.1, 0.15) is 5.82 Å². The third-order valence-corrected chi connectivity index (χ3v) is 5.35. The summed E-state index contributed by atoms with van der Waals surface area (Å²) in [7, 11) is 0. The summed E-state index contributed by atoms with van der Waals surface area (Å²) in [6.45, 7) is 0.238. The quantitative estimate of drug-likeness (QED) is 0.896. The van der Waals surface area contributed by atoms with Crippen molar-refractivity contribution < 1.29 is 9.50 Å². The largest absolute Gasteiger partial charge is 0.396 e. The van der Waals surface area contributed by atoms with E-state index in [-0.39, 0.29) is 17.8 Å². The number of benzene rings is 1. The maximum atomic E-state index is 13.4. The zero-order chi connectivity index (χ0) is 12.8. The lowest BCUT2D eigenvalue weighted by atomic mass is 9.70. The summed E-state index contributed by atoms with van der Waals surface area (Å²) >= 11 is 3.34. The number of aliphatic hydroxyl groups is 1. The third-order valence-electron chi connectivity index (χ3n) is 4.90. The lowest BCUT2D eigenvalue weighted by Gasteiger charge is -2.36. The van der Waals surface area contributed by atoms with Gasteiger partial charge < -0.3 is 5.11 Å². The fourth-order valence-electron chi connectivity index (χ4n) is 4.14. The van der Waals surface area contributed by atoms with E-state index in [1.807, 2.05) is 6.07 Å². The molecule has 2 aliphatic carbocycles. The predicted molar refractivity (Wildman–Crippen MR) is 72.8 cm³/mol. The molecule has 2 bridgehead atoms. The van der Waals surface area contributed by atoms with Crippen LogP contribution < -0.4 is 0 Å². The maximum Gasteiger partial charge on any atom is 0.124 e. The van der Waals surface area contributed by atoms with E-state index in [1.54, 1.807) is 6.07 Å². The van der Waals surface area contributed by atoms with E-state index in [0.717, 1.165) is 28.8 Å². The SMILES string of the molecule is OCC1(Cc2cc(F)cc(Br)c2)CC2CCC1C2. The lowest BCUT2D eigenvalue weighted by molar-refractivity contribution is 0.0651. The van der Waals surface area contributed by atoms with Crippen LogP contribution in [0.2, 0.25) is 0 Å². The molecule has 0 spiro atoms. The normalized spacial score (nSPS) is 34.2. The molecule has 3 heteroatoms. The van der Waals surface area contributed by atoms with E-state index in [0.29, 0.717) is 5.92 Å². The molecule has 3 unspecified atom stereocenters. The van der Waals surface area contributed by atoms with Crippen LogP contribution in [-0.2, 0) is 6.42 Å². The maximum absolute atomic E-state index is 13.4. The van der Waals surface area contributed by atoms with Gasteiger partial charge in [-0.15, -0.1) is 0 Å². The van der Waals surface area contributed by atoms with Gasteiger partial charge in [0, 0.05) is 16.5 Å². The van der Waals surface area contributed by atoms with Crippen LogP contribution in [0, 0.1) is 23.1 Å². The molecule has 3 atom stereocenters. The monoisotopic (exact) mass is 312 g/mol. The van der Waals surface area contributed by atoms with Crippen molar-refractivity contribution in [2.45, 2.75) is 32.1 Å². The molecule has 2 saturated carbocycles. The Labute approximate surface area is 116 Å². The van der Waals surface area contributed by atoms with Gasteiger partial charge in [0.25, 0.3) is 0 Å². The Balaban J connectivity index is 1.86. The van der Waals surface area contributed by atoms with Gasteiger partial charge in [-0.2, -0.15) is 0 Å². The first-order chi connectivity index (χ1) is 8.61. The molecule has 0 aliphatic heterocycles. The van der Waals surface area contributed by atoms with Gasteiger partial charge in [0.05, 0.1) is 0 Å². The molecule has 0 radical (unpaired) electrons. The second-order valence-electron chi connectivity index (χ2n) is 6.06. The Kier molecular flexibility index (Phi) is 3.23. The summed E-state index contributed by atoms with van der Waals surface area (Å²) in [4.78, 5) is 0. The van der Waals surface area contributed by atoms with Crippen LogP contribution in [0.4, 0.5) is 4.39 Å². The average Bonchev–Trinajstić information content (AvgIpc) is 2.88. The van der Waals surface area contributed by atoms with Crippen molar-refractivity contribution in [2.24, 2.45) is 17.3 Å². The van der Waals surface area contributed by atoms with Crippen molar-refractivity contribution in [3.05, 3.63) is 34.1 Å². The van der Waals surface area contributed by atoms with Crippen molar-refractivity contribution in [1.29, 1.82) is 0 Å². The van der Waals surface area contributed by atoms with Crippen LogP contribution >= 0.6 is 15.9 Å². The number of aliphatic hydroxyl groups excluding tert-OH is 1. The van der Waals surface area contributed by atoms with Crippen LogP contribution in [0.15, 0.2) is 22.7 Å². The third kappa shape index (κ3) is 2.12. The minimum Gasteiger partial charge on any atom is -0.396 e. The fraction of sp³-hybridized carbons (Fsp3) is 0.600. The summed E-state index contributed by atoms with van der Waals surface area (Å²) < 4.78 is 14.2. The van der Waals surface area contributed by atoms with Gasteiger partial charge in [-0.25, -0.2) is 4.39 Å². The van der Waals surface area contributed by atoms with Crippen LogP contribution in [-0.4, -0.2) is 11.7 Å². The van der Waals surface area contributed by atoms with Crippen molar-refractivity contribution in [1.82, 2.24) is 0 Å². The van der Waals surface area contributed by atoms with E-state index in [4.69, 9.17) is 0 Å². The molecule has 0 amide bonds. The highest BCUT2D eigenvalue weighted by molar-refractivity contribution is 9.10. The second-order valence-corrected chi connectivity index (χ2v) is 6.97. The number of hydrogen-bond acceptors (Lipinski definition) is 1. The summed E-state index contributed by atoms with van der Waals surface area (Å²) in [6.07, 6.45) is 5.74. The van der Waals surface area contributed by atoms with Crippen LogP contribution in [0.3, 0.4) is 0 Å². The summed E-state index contributed by atoms with van der Waals surface area (Å²) in [5.41, 5.74) is 1.01. The molecule has 1 nitrogen and oxygen atoms in total. The summed E-state index contributed by atoms with van der Waals surface area (Å²) in [6, 6.07) is 5.07. The molecule has 1 N–H and O–H groups in total. The standard InChI is InChI=1S/C15H18BrFO/c16-13-4-11(5-14(17)6-13)8-15(9-18)7-10-1-2-12(15)3-10/h4-6,10,12,18H,1-3,7-9H2. The Hall–Kier alpha value is -0.410. The number of fused-ring (bicyclic) bond motifs is 2. The number of halogens is 2.